The Balaban J connectivity index is 0.000000320. The molecule has 4 heteroatoms. The normalized spacial score (nSPS) is 15.1. The number of halogens is 2. The predicted molar refractivity (Wildman–Crippen MR) is 233 cm³/mol. The third kappa shape index (κ3) is 10.9. The van der Waals surface area contributed by atoms with Crippen LogP contribution in [0.5, 0.6) is 0 Å². The van der Waals surface area contributed by atoms with Gasteiger partial charge in [-0.05, 0) is 74.3 Å². The van der Waals surface area contributed by atoms with E-state index < -0.39 is 0 Å². The Hall–Kier alpha value is -2.22. The first-order valence-corrected chi connectivity index (χ1v) is 22.2. The second kappa shape index (κ2) is 20.5. The van der Waals surface area contributed by atoms with Crippen LogP contribution in [-0.2, 0) is 36.2 Å². The molecule has 0 amide bonds. The van der Waals surface area contributed by atoms with Gasteiger partial charge in [0.15, 0.2) is 0 Å². The molecule has 0 saturated heterocycles. The van der Waals surface area contributed by atoms with Crippen molar-refractivity contribution in [3.63, 3.8) is 0 Å². The van der Waals surface area contributed by atoms with Gasteiger partial charge in [-0.1, -0.05) is 122 Å². The van der Waals surface area contributed by atoms with Crippen LogP contribution in [0, 0.1) is 39.5 Å². The Bertz CT molecular complexity index is 1810. The summed E-state index contributed by atoms with van der Waals surface area (Å²) in [7, 11) is 0. The minimum atomic E-state index is 0. The van der Waals surface area contributed by atoms with Crippen LogP contribution < -0.4 is 0 Å². The second-order valence-electron chi connectivity index (χ2n) is 15.5. The number of hydrogen-bond donors (Lipinski definition) is 0. The van der Waals surface area contributed by atoms with Crippen molar-refractivity contribution in [2.75, 3.05) is 0 Å². The van der Waals surface area contributed by atoms with E-state index in [0.29, 0.717) is 10.8 Å². The van der Waals surface area contributed by atoms with E-state index in [4.69, 9.17) is 0 Å². The molecule has 0 N–H and O–H groups in total. The van der Waals surface area contributed by atoms with Crippen LogP contribution in [0.25, 0.3) is 43.8 Å². The summed E-state index contributed by atoms with van der Waals surface area (Å²) in [6, 6.07) is 40.9. The van der Waals surface area contributed by atoms with Crippen LogP contribution in [0.4, 0.5) is 0 Å². The fraction of sp³-hybridized carbons (Fsp3) is 0.333. The molecule has 2 aliphatic carbocycles. The summed E-state index contributed by atoms with van der Waals surface area (Å²) >= 11 is 1.36. The van der Waals surface area contributed by atoms with Crippen LogP contribution >= 0.6 is 24.8 Å². The summed E-state index contributed by atoms with van der Waals surface area (Å²) in [6.45, 7) is 12.3. The molecule has 2 radical (unpaired) electrons. The first kappa shape index (κ1) is 45.9. The molecule has 6 aromatic rings. The van der Waals surface area contributed by atoms with E-state index in [0.717, 1.165) is 0 Å². The summed E-state index contributed by atoms with van der Waals surface area (Å²) < 4.78 is 0. The first-order chi connectivity index (χ1) is 23.3. The molecule has 2 fully saturated rings. The quantitative estimate of drug-likeness (QED) is 0.116. The zero-order valence-electron chi connectivity index (χ0n) is 32.3. The monoisotopic (exact) mass is 822 g/mol. The molecule has 0 unspecified atom stereocenters. The van der Waals surface area contributed by atoms with E-state index in [2.05, 4.69) is 144 Å². The molecule has 0 aromatic heterocycles. The van der Waals surface area contributed by atoms with Crippen molar-refractivity contribution in [2.45, 2.75) is 91.9 Å². The van der Waals surface area contributed by atoms with E-state index in [1.807, 2.05) is 0 Å². The topological polar surface area (TPSA) is 0 Å². The number of fused-ring (bicyclic) bond motifs is 2. The van der Waals surface area contributed by atoms with Gasteiger partial charge in [0.1, 0.15) is 0 Å². The van der Waals surface area contributed by atoms with Gasteiger partial charge in [0, 0.05) is 0 Å². The summed E-state index contributed by atoms with van der Waals surface area (Å²) in [5.74, 6) is 0. The molecule has 0 aliphatic heterocycles. The van der Waals surface area contributed by atoms with Crippen molar-refractivity contribution in [3.05, 3.63) is 146 Å². The van der Waals surface area contributed by atoms with Gasteiger partial charge in [0.2, 0.25) is 0 Å². The molecule has 0 atom stereocenters. The zero-order valence-corrected chi connectivity index (χ0v) is 37.4. The molecule has 2 aliphatic rings. The summed E-state index contributed by atoms with van der Waals surface area (Å²) in [5.41, 5.74) is 12.1. The zero-order chi connectivity index (χ0) is 33.7. The van der Waals surface area contributed by atoms with Gasteiger partial charge in [-0.3, -0.25) is 0 Å². The molecule has 8 rings (SSSR count). The van der Waals surface area contributed by atoms with Gasteiger partial charge in [-0.15, -0.1) is 93.9 Å². The van der Waals surface area contributed by atoms with Crippen LogP contribution in [0.2, 0.25) is 0 Å². The predicted octanol–water partition coefficient (Wildman–Crippen LogP) is 14.7. The van der Waals surface area contributed by atoms with Crippen LogP contribution in [0.3, 0.4) is 0 Å². The average molecular weight is 825 g/mol. The molecule has 276 valence electrons. The Morgan fingerprint density at radius 1 is 0.538 bits per heavy atom. The summed E-state index contributed by atoms with van der Waals surface area (Å²) in [6.07, 6.45) is 13.6. The number of aryl methyl sites for hydroxylation is 2. The third-order valence-electron chi connectivity index (χ3n) is 11.2. The first-order valence-electron chi connectivity index (χ1n) is 18.0. The molecule has 0 spiro atoms. The van der Waals surface area contributed by atoms with Gasteiger partial charge in [0.25, 0.3) is 0 Å². The minimum absolute atomic E-state index is 0. The standard InChI is InChI=1S/2C23H25.2CH3.2ClH.Si.Zr/c2*1-17-8-10-19(11-9-17)21-7-5-6-20-14-18(15-22(20)21)16-23(2)12-3-4-13-23;;;;;;/h2*5-11,14-15H,3-4,12-13,16H2,1-2H3;2*1H3;2*1H;;/q4*-1;;;;. The van der Waals surface area contributed by atoms with E-state index in [1.54, 1.807) is 0 Å². The van der Waals surface area contributed by atoms with Crippen molar-refractivity contribution in [2.24, 2.45) is 10.8 Å². The number of benzene rings is 4. The molecule has 52 heavy (non-hydrogen) atoms. The Morgan fingerprint density at radius 3 is 1.19 bits per heavy atom. The van der Waals surface area contributed by atoms with Crippen molar-refractivity contribution in [1.82, 2.24) is 0 Å². The molecule has 0 heterocycles. The molecule has 6 aromatic carbocycles. The summed E-state index contributed by atoms with van der Waals surface area (Å²) in [4.78, 5) is 0. The second-order valence-corrected chi connectivity index (χ2v) is 15.5. The molecular weight excluding hydrogens is 767 g/mol. The maximum atomic E-state index is 3.06. The fourth-order valence-corrected chi connectivity index (χ4v) is 8.56. The summed E-state index contributed by atoms with van der Waals surface area (Å²) in [5, 5.41) is 5.60. The maximum absolute atomic E-state index is 3.06. The van der Waals surface area contributed by atoms with Crippen molar-refractivity contribution in [3.8, 4) is 22.3 Å². The van der Waals surface area contributed by atoms with Gasteiger partial charge < -0.3 is 14.9 Å². The van der Waals surface area contributed by atoms with Crippen LogP contribution in [-0.4, -0.2) is 6.88 Å². The van der Waals surface area contributed by atoms with Crippen molar-refractivity contribution >= 4 is 53.2 Å². The Morgan fingerprint density at radius 2 is 0.865 bits per heavy atom. The third-order valence-corrected chi connectivity index (χ3v) is 11.2. The molecular formula is C48H58Cl2SiZr-4. The van der Waals surface area contributed by atoms with Crippen molar-refractivity contribution in [1.29, 1.82) is 0 Å². The van der Waals surface area contributed by atoms with Crippen LogP contribution in [0.1, 0.15) is 87.5 Å². The number of hydrogen-bond acceptors (Lipinski definition) is 0. The average Bonchev–Trinajstić information content (AvgIpc) is 3.90. The number of rotatable bonds is 6. The van der Waals surface area contributed by atoms with Gasteiger partial charge in [-0.2, -0.15) is 12.1 Å². The van der Waals surface area contributed by atoms with Gasteiger partial charge in [-0.25, -0.2) is 0 Å². The van der Waals surface area contributed by atoms with E-state index in [1.165, 1.54) is 154 Å². The van der Waals surface area contributed by atoms with Crippen LogP contribution in [0.15, 0.2) is 109 Å². The Kier molecular flexibility index (Phi) is 18.1. The van der Waals surface area contributed by atoms with E-state index in [9.17, 15) is 0 Å². The SMILES string of the molecule is Cc1ccc(-c2cccc3[cH-]c(CC4(C)CCCC4)cc23)cc1.Cc1ccc(-c2cccc3[cH-]c(CC4(C)CCCC4)cc23)cc1.Cl.Cl.[CH3-].[CH3-].[Si]=[Zr]. The Labute approximate surface area is 345 Å². The molecule has 2 saturated carbocycles. The fourth-order valence-electron chi connectivity index (χ4n) is 8.56. The van der Waals surface area contributed by atoms with E-state index in [-0.39, 0.29) is 39.7 Å². The molecule has 0 bridgehead atoms. The molecule has 0 nitrogen and oxygen atoms in total. The van der Waals surface area contributed by atoms with Gasteiger partial charge in [0.05, 0.1) is 0 Å². The van der Waals surface area contributed by atoms with Crippen molar-refractivity contribution < 1.29 is 23.3 Å². The van der Waals surface area contributed by atoms with Gasteiger partial charge >= 0.3 is 30.2 Å². The van der Waals surface area contributed by atoms with E-state index >= 15 is 0 Å².